The van der Waals surface area contributed by atoms with Gasteiger partial charge in [-0.15, -0.1) is 0 Å². The van der Waals surface area contributed by atoms with Gasteiger partial charge in [-0.05, 0) is 44.0 Å². The van der Waals surface area contributed by atoms with Crippen molar-refractivity contribution in [1.82, 2.24) is 5.23 Å². The summed E-state index contributed by atoms with van der Waals surface area (Å²) in [4.78, 5) is 19.6. The van der Waals surface area contributed by atoms with Gasteiger partial charge < -0.3 is 4.53 Å². The molecule has 168 valence electrons. The summed E-state index contributed by atoms with van der Waals surface area (Å²) < 4.78 is 6.68. The number of Topliss-reactive ketones (excluding diaryl/α,β-unsaturated/α-hetero) is 1. The average Bonchev–Trinajstić information content (AvgIpc) is 2.69. The minimum Gasteiger partial charge on any atom is -0.320 e. The lowest BCUT2D eigenvalue weighted by Crippen LogP contribution is -2.57. The monoisotopic (exact) mass is 439 g/mol. The molecule has 0 aromatic heterocycles. The van der Waals surface area contributed by atoms with Crippen LogP contribution in [-0.2, 0) is 9.36 Å². The van der Waals surface area contributed by atoms with Crippen LogP contribution in [0.15, 0.2) is 60.7 Å². The van der Waals surface area contributed by atoms with E-state index in [-0.39, 0.29) is 22.8 Å². The van der Waals surface area contributed by atoms with Crippen LogP contribution in [-0.4, -0.2) is 31.0 Å². The van der Waals surface area contributed by atoms with Crippen LogP contribution < -0.4 is 0 Å². The Morgan fingerprint density at radius 1 is 1.06 bits per heavy atom. The Labute approximate surface area is 188 Å². The van der Waals surface area contributed by atoms with Crippen molar-refractivity contribution in [2.45, 2.75) is 83.2 Å². The highest BCUT2D eigenvalue weighted by Gasteiger charge is 2.48. The Morgan fingerprint density at radius 2 is 1.61 bits per heavy atom. The van der Waals surface area contributed by atoms with Gasteiger partial charge in [0.25, 0.3) is 0 Å². The normalized spacial score (nSPS) is 22.3. The lowest BCUT2D eigenvalue weighted by atomic mass is 9.79. The molecular weight excluding hydrogens is 402 g/mol. The molecule has 1 saturated heterocycles. The summed E-state index contributed by atoms with van der Waals surface area (Å²) in [5, 5.41) is 1.73. The van der Waals surface area contributed by atoms with Crippen LogP contribution in [0.5, 0.6) is 0 Å². The number of rotatable bonds is 6. The van der Waals surface area contributed by atoms with Gasteiger partial charge in [-0.3, -0.25) is 9.63 Å². The van der Waals surface area contributed by atoms with E-state index in [1.807, 2.05) is 36.4 Å². The van der Waals surface area contributed by atoms with Crippen LogP contribution in [0.3, 0.4) is 0 Å². The molecule has 2 atom stereocenters. The molecule has 0 radical (unpaired) electrons. The lowest BCUT2D eigenvalue weighted by molar-refractivity contribution is -0.410. The van der Waals surface area contributed by atoms with Gasteiger partial charge in [-0.25, -0.2) is 0 Å². The topological polar surface area (TPSA) is 38.8 Å². The first-order chi connectivity index (χ1) is 14.4. The number of hydroxylamine groups is 2. The first-order valence-corrected chi connectivity index (χ1v) is 14.1. The summed E-state index contributed by atoms with van der Waals surface area (Å²) in [6.07, 6.45) is 1.16. The second-order valence-corrected chi connectivity index (χ2v) is 15.5. The van der Waals surface area contributed by atoms with E-state index in [4.69, 9.17) is 9.36 Å². The number of carbonyl (C=O) groups is 1. The zero-order valence-electron chi connectivity index (χ0n) is 20.0. The molecule has 0 unspecified atom stereocenters. The zero-order chi connectivity index (χ0) is 22.9. The molecule has 31 heavy (non-hydrogen) atoms. The number of ketones is 1. The molecule has 1 aliphatic rings. The van der Waals surface area contributed by atoms with E-state index in [1.165, 1.54) is 5.56 Å². The molecule has 0 N–H and O–H groups in total. The molecule has 2 aromatic rings. The van der Waals surface area contributed by atoms with Gasteiger partial charge in [0, 0.05) is 17.9 Å². The molecule has 0 aliphatic carbocycles. The maximum absolute atomic E-state index is 13.2. The van der Waals surface area contributed by atoms with E-state index < -0.39 is 13.9 Å². The van der Waals surface area contributed by atoms with Crippen LogP contribution in [0.1, 0.15) is 69.3 Å². The number of carbonyl (C=O) groups excluding carboxylic acids is 1. The molecule has 0 spiro atoms. The van der Waals surface area contributed by atoms with Crippen molar-refractivity contribution in [2.24, 2.45) is 0 Å². The molecule has 5 heteroatoms. The number of hydrogen-bond acceptors (Lipinski definition) is 4. The third-order valence-corrected chi connectivity index (χ3v) is 10.9. The second-order valence-electron chi connectivity index (χ2n) is 10.8. The maximum atomic E-state index is 13.2. The van der Waals surface area contributed by atoms with Crippen molar-refractivity contribution in [3.63, 3.8) is 0 Å². The molecule has 1 fully saturated rings. The van der Waals surface area contributed by atoms with E-state index in [2.05, 4.69) is 72.0 Å². The fourth-order valence-electron chi connectivity index (χ4n) is 3.80. The Bertz CT molecular complexity index is 875. The van der Waals surface area contributed by atoms with E-state index in [1.54, 1.807) is 5.23 Å². The van der Waals surface area contributed by atoms with Gasteiger partial charge in [0.15, 0.2) is 5.78 Å². The third kappa shape index (κ3) is 5.72. The van der Waals surface area contributed by atoms with Crippen LogP contribution in [0.4, 0.5) is 0 Å². The van der Waals surface area contributed by atoms with Crippen molar-refractivity contribution >= 4 is 14.1 Å². The highest BCUT2D eigenvalue weighted by molar-refractivity contribution is 6.74. The van der Waals surface area contributed by atoms with E-state index in [0.717, 1.165) is 12.0 Å². The second kappa shape index (κ2) is 8.98. The molecule has 0 bridgehead atoms. The fourth-order valence-corrected chi connectivity index (χ4v) is 4.69. The molecule has 1 aliphatic heterocycles. The van der Waals surface area contributed by atoms with E-state index in [0.29, 0.717) is 6.42 Å². The van der Waals surface area contributed by atoms with Gasteiger partial charge in [0.2, 0.25) is 8.32 Å². The predicted octanol–water partition coefficient (Wildman–Crippen LogP) is 6.76. The van der Waals surface area contributed by atoms with E-state index in [9.17, 15) is 4.79 Å². The summed E-state index contributed by atoms with van der Waals surface area (Å²) >= 11 is 0. The average molecular weight is 440 g/mol. The minimum absolute atomic E-state index is 0.0220. The largest absolute Gasteiger partial charge is 0.320 e. The molecule has 2 aromatic carbocycles. The van der Waals surface area contributed by atoms with Crippen molar-refractivity contribution in [1.29, 1.82) is 0 Å². The first kappa shape index (κ1) is 23.9. The molecule has 0 saturated carbocycles. The fraction of sp³-hybridized carbons (Fsp3) is 0.500. The summed E-state index contributed by atoms with van der Waals surface area (Å²) in [7, 11) is -2.17. The van der Waals surface area contributed by atoms with Gasteiger partial charge >= 0.3 is 0 Å². The smallest absolute Gasteiger partial charge is 0.223 e. The Morgan fingerprint density at radius 3 is 2.16 bits per heavy atom. The summed E-state index contributed by atoms with van der Waals surface area (Å²) in [5.74, 6) is 0.237. The summed E-state index contributed by atoms with van der Waals surface area (Å²) in [6, 6.07) is 19.8. The van der Waals surface area contributed by atoms with Crippen molar-refractivity contribution in [2.75, 3.05) is 0 Å². The van der Waals surface area contributed by atoms with Crippen molar-refractivity contribution in [3.05, 3.63) is 71.8 Å². The molecule has 3 rings (SSSR count). The Hall–Kier alpha value is -1.79. The predicted molar refractivity (Wildman–Crippen MR) is 128 cm³/mol. The zero-order valence-corrected chi connectivity index (χ0v) is 21.0. The minimum atomic E-state index is -2.17. The maximum Gasteiger partial charge on any atom is 0.223 e. The summed E-state index contributed by atoms with van der Waals surface area (Å²) in [6.45, 7) is 15.3. The highest BCUT2D eigenvalue weighted by atomic mass is 28.4. The Balaban J connectivity index is 1.99. The summed E-state index contributed by atoms with van der Waals surface area (Å²) in [5.41, 5.74) is 1.55. The van der Waals surface area contributed by atoms with Crippen LogP contribution in [0.25, 0.3) is 0 Å². The first-order valence-electron chi connectivity index (χ1n) is 11.2. The van der Waals surface area contributed by atoms with Gasteiger partial charge in [-0.2, -0.15) is 0 Å². The SMILES string of the molecule is CC1(C)C[C@H](c2ccccc2)[C@H](CC(=O)c2ccccc2)N(O[Si](C)(C)C(C)(C)C)O1. The lowest BCUT2D eigenvalue weighted by Gasteiger charge is -2.50. The molecule has 0 amide bonds. The van der Waals surface area contributed by atoms with Crippen LogP contribution in [0, 0.1) is 0 Å². The van der Waals surface area contributed by atoms with Crippen LogP contribution >= 0.6 is 0 Å². The number of benzene rings is 2. The molecule has 4 nitrogen and oxygen atoms in total. The Kier molecular flexibility index (Phi) is 6.92. The van der Waals surface area contributed by atoms with Crippen LogP contribution in [0.2, 0.25) is 18.1 Å². The number of hydrogen-bond donors (Lipinski definition) is 0. The van der Waals surface area contributed by atoms with Gasteiger partial charge in [0.1, 0.15) is 0 Å². The van der Waals surface area contributed by atoms with Crippen molar-refractivity contribution in [3.8, 4) is 0 Å². The van der Waals surface area contributed by atoms with Crippen molar-refractivity contribution < 1.29 is 14.2 Å². The van der Waals surface area contributed by atoms with Gasteiger partial charge in [-0.1, -0.05) is 86.7 Å². The van der Waals surface area contributed by atoms with E-state index >= 15 is 0 Å². The molecular formula is C26H37NO3Si. The molecule has 1 heterocycles. The van der Waals surface area contributed by atoms with Gasteiger partial charge in [0.05, 0.1) is 11.6 Å². The number of nitrogens with zero attached hydrogens (tertiary/aromatic N) is 1. The standard InChI is InChI=1S/C26H37NO3Si/c1-25(2,3)31(6,7)30-27-23(18-24(28)21-16-12-9-13-17-21)22(19-26(4,5)29-27)20-14-10-8-11-15-20/h8-17,22-23H,18-19H2,1-7H3/t22-,23+/m1/s1. The highest BCUT2D eigenvalue weighted by Crippen LogP contribution is 2.44. The quantitative estimate of drug-likeness (QED) is 0.368. The third-order valence-electron chi connectivity index (χ3n) is 6.63.